The van der Waals surface area contributed by atoms with Crippen molar-refractivity contribution in [2.24, 2.45) is 0 Å². The first-order chi connectivity index (χ1) is 9.06. The summed E-state index contributed by atoms with van der Waals surface area (Å²) in [5, 5.41) is 4.35. The predicted molar refractivity (Wildman–Crippen MR) is 84.7 cm³/mol. The van der Waals surface area contributed by atoms with E-state index < -0.39 is 10.8 Å². The lowest BCUT2D eigenvalue weighted by Crippen LogP contribution is -2.25. The monoisotopic (exact) mass is 321 g/mol. The first kappa shape index (κ1) is 17.0. The molecule has 0 saturated carbocycles. The van der Waals surface area contributed by atoms with E-state index in [1.807, 2.05) is 0 Å². The van der Waals surface area contributed by atoms with Gasteiger partial charge in [-0.3, -0.25) is 4.21 Å². The summed E-state index contributed by atoms with van der Waals surface area (Å²) in [6.45, 7) is 5.26. The lowest BCUT2D eigenvalue weighted by molar-refractivity contribution is 0.509. The Kier molecular flexibility index (Phi) is 8.00. The highest BCUT2D eigenvalue weighted by atomic mass is 35.5. The fourth-order valence-corrected chi connectivity index (χ4v) is 4.09. The molecule has 0 amide bonds. The van der Waals surface area contributed by atoms with E-state index in [9.17, 15) is 4.21 Å². The molecular formula is C14H21Cl2NOS. The number of hydrogen-bond acceptors (Lipinski definition) is 2. The Morgan fingerprint density at radius 3 is 2.47 bits per heavy atom. The highest BCUT2D eigenvalue weighted by molar-refractivity contribution is 7.85. The lowest BCUT2D eigenvalue weighted by Gasteiger charge is -2.11. The van der Waals surface area contributed by atoms with Crippen molar-refractivity contribution in [2.75, 3.05) is 12.3 Å². The van der Waals surface area contributed by atoms with Crippen molar-refractivity contribution >= 4 is 34.0 Å². The Bertz CT molecular complexity index is 406. The first-order valence-corrected chi connectivity index (χ1v) is 8.69. The van der Waals surface area contributed by atoms with Crippen LogP contribution in [0.1, 0.15) is 33.1 Å². The van der Waals surface area contributed by atoms with Crippen LogP contribution in [-0.4, -0.2) is 22.5 Å². The molecule has 2 unspecified atom stereocenters. The molecule has 2 atom stereocenters. The van der Waals surface area contributed by atoms with Crippen LogP contribution in [0.3, 0.4) is 0 Å². The van der Waals surface area contributed by atoms with Crippen molar-refractivity contribution in [1.29, 1.82) is 0 Å². The molecule has 0 radical (unpaired) electrons. The molecule has 0 aliphatic carbocycles. The van der Waals surface area contributed by atoms with Crippen molar-refractivity contribution in [3.05, 3.63) is 28.2 Å². The number of rotatable bonds is 8. The Morgan fingerprint density at radius 1 is 1.26 bits per heavy atom. The lowest BCUT2D eigenvalue weighted by atomic mass is 10.1. The second-order valence-corrected chi connectivity index (χ2v) is 6.88. The van der Waals surface area contributed by atoms with Crippen molar-refractivity contribution in [2.45, 2.75) is 44.0 Å². The zero-order valence-electron chi connectivity index (χ0n) is 11.4. The molecule has 2 nitrogen and oxygen atoms in total. The van der Waals surface area contributed by atoms with E-state index >= 15 is 0 Å². The second-order valence-electron chi connectivity index (χ2n) is 4.55. The fourth-order valence-electron chi connectivity index (χ4n) is 1.94. The molecule has 1 aromatic carbocycles. The standard InChI is InChI=1S/C14H21Cl2NOS/c1-3-17-11(2)7-4-5-10-19(18)14-12(15)8-6-9-13(14)16/h6,8-9,11,17H,3-5,7,10H2,1-2H3. The summed E-state index contributed by atoms with van der Waals surface area (Å²) in [7, 11) is -1.11. The smallest absolute Gasteiger partial charge is 0.0760 e. The SMILES string of the molecule is CCNC(C)CCCCS(=O)c1c(Cl)cccc1Cl. The Morgan fingerprint density at radius 2 is 1.89 bits per heavy atom. The van der Waals surface area contributed by atoms with Gasteiger partial charge in [0.2, 0.25) is 0 Å². The van der Waals surface area contributed by atoms with Crippen LogP contribution < -0.4 is 5.32 Å². The summed E-state index contributed by atoms with van der Waals surface area (Å²) in [5.41, 5.74) is 0. The topological polar surface area (TPSA) is 29.1 Å². The van der Waals surface area contributed by atoms with Gasteiger partial charge in [-0.2, -0.15) is 0 Å². The van der Waals surface area contributed by atoms with E-state index in [2.05, 4.69) is 19.2 Å². The molecule has 19 heavy (non-hydrogen) atoms. The van der Waals surface area contributed by atoms with Gasteiger partial charge in [0, 0.05) is 11.8 Å². The fraction of sp³-hybridized carbons (Fsp3) is 0.571. The normalized spacial score (nSPS) is 14.3. The minimum Gasteiger partial charge on any atom is -0.315 e. The van der Waals surface area contributed by atoms with Crippen LogP contribution >= 0.6 is 23.2 Å². The largest absolute Gasteiger partial charge is 0.315 e. The maximum absolute atomic E-state index is 12.2. The molecule has 0 aliphatic rings. The van der Waals surface area contributed by atoms with Crippen LogP contribution in [0.4, 0.5) is 0 Å². The summed E-state index contributed by atoms with van der Waals surface area (Å²) in [4.78, 5) is 0.575. The number of unbranched alkanes of at least 4 members (excludes halogenated alkanes) is 1. The molecule has 0 aliphatic heterocycles. The Hall–Kier alpha value is -0.0900. The summed E-state index contributed by atoms with van der Waals surface area (Å²) < 4.78 is 12.2. The third-order valence-electron chi connectivity index (χ3n) is 2.92. The van der Waals surface area contributed by atoms with E-state index in [4.69, 9.17) is 23.2 Å². The highest BCUT2D eigenvalue weighted by Crippen LogP contribution is 2.28. The second kappa shape index (κ2) is 8.96. The van der Waals surface area contributed by atoms with Gasteiger partial charge in [0.05, 0.1) is 25.7 Å². The minimum atomic E-state index is -1.11. The Labute approximate surface area is 128 Å². The van der Waals surface area contributed by atoms with Gasteiger partial charge in [-0.25, -0.2) is 0 Å². The number of nitrogens with one attached hydrogen (secondary N) is 1. The van der Waals surface area contributed by atoms with Crippen LogP contribution in [0.15, 0.2) is 23.1 Å². The third kappa shape index (κ3) is 5.82. The first-order valence-electron chi connectivity index (χ1n) is 6.62. The predicted octanol–water partition coefficient (Wildman–Crippen LogP) is 4.27. The number of halogens is 2. The van der Waals surface area contributed by atoms with Gasteiger partial charge in [0.1, 0.15) is 0 Å². The molecule has 0 saturated heterocycles. The van der Waals surface area contributed by atoms with E-state index in [-0.39, 0.29) is 0 Å². The summed E-state index contributed by atoms with van der Waals surface area (Å²) in [6.07, 6.45) is 3.08. The average molecular weight is 322 g/mol. The van der Waals surface area contributed by atoms with Gasteiger partial charge in [-0.15, -0.1) is 0 Å². The average Bonchev–Trinajstić information content (AvgIpc) is 2.35. The zero-order chi connectivity index (χ0) is 14.3. The molecule has 0 spiro atoms. The number of benzene rings is 1. The van der Waals surface area contributed by atoms with Gasteiger partial charge >= 0.3 is 0 Å². The molecule has 5 heteroatoms. The van der Waals surface area contributed by atoms with Gasteiger partial charge < -0.3 is 5.32 Å². The molecular weight excluding hydrogens is 301 g/mol. The van der Waals surface area contributed by atoms with Crippen LogP contribution in [-0.2, 0) is 10.8 Å². The molecule has 108 valence electrons. The molecule has 0 fully saturated rings. The van der Waals surface area contributed by atoms with E-state index in [1.54, 1.807) is 18.2 Å². The zero-order valence-corrected chi connectivity index (χ0v) is 13.7. The van der Waals surface area contributed by atoms with E-state index in [1.165, 1.54) is 0 Å². The molecule has 0 bridgehead atoms. The molecule has 1 N–H and O–H groups in total. The maximum Gasteiger partial charge on any atom is 0.0760 e. The van der Waals surface area contributed by atoms with Crippen LogP contribution in [0, 0.1) is 0 Å². The maximum atomic E-state index is 12.2. The van der Waals surface area contributed by atoms with Crippen molar-refractivity contribution in [3.63, 3.8) is 0 Å². The summed E-state index contributed by atoms with van der Waals surface area (Å²) >= 11 is 12.1. The third-order valence-corrected chi connectivity index (χ3v) is 5.32. The van der Waals surface area contributed by atoms with Gasteiger partial charge in [0.15, 0.2) is 0 Å². The Balaban J connectivity index is 2.40. The van der Waals surface area contributed by atoms with Crippen molar-refractivity contribution in [3.8, 4) is 0 Å². The van der Waals surface area contributed by atoms with Crippen LogP contribution in [0.5, 0.6) is 0 Å². The number of hydrogen-bond donors (Lipinski definition) is 1. The van der Waals surface area contributed by atoms with E-state index in [0.29, 0.717) is 26.7 Å². The molecule has 0 aromatic heterocycles. The quantitative estimate of drug-likeness (QED) is 0.724. The van der Waals surface area contributed by atoms with Crippen molar-refractivity contribution < 1.29 is 4.21 Å². The molecule has 1 aromatic rings. The molecule has 0 heterocycles. The van der Waals surface area contributed by atoms with Crippen LogP contribution in [0.25, 0.3) is 0 Å². The molecule has 1 rings (SSSR count). The van der Waals surface area contributed by atoms with Gasteiger partial charge in [0.25, 0.3) is 0 Å². The highest BCUT2D eigenvalue weighted by Gasteiger charge is 2.12. The van der Waals surface area contributed by atoms with Gasteiger partial charge in [-0.05, 0) is 38.4 Å². The summed E-state index contributed by atoms with van der Waals surface area (Å²) in [5.74, 6) is 0.613. The van der Waals surface area contributed by atoms with E-state index in [0.717, 1.165) is 25.8 Å². The van der Waals surface area contributed by atoms with Gasteiger partial charge in [-0.1, -0.05) is 42.6 Å². The summed E-state index contributed by atoms with van der Waals surface area (Å²) in [6, 6.07) is 5.74. The van der Waals surface area contributed by atoms with Crippen LogP contribution in [0.2, 0.25) is 10.0 Å². The van der Waals surface area contributed by atoms with Crippen molar-refractivity contribution in [1.82, 2.24) is 5.32 Å². The minimum absolute atomic E-state index is 0.492.